The molecule has 0 unspecified atom stereocenters. The highest BCUT2D eigenvalue weighted by molar-refractivity contribution is 5.85. The normalized spacial score (nSPS) is 15.1. The van der Waals surface area contributed by atoms with Crippen molar-refractivity contribution in [3.63, 3.8) is 0 Å². The van der Waals surface area contributed by atoms with E-state index in [9.17, 15) is 26.3 Å². The van der Waals surface area contributed by atoms with Crippen molar-refractivity contribution in [2.24, 2.45) is 5.92 Å². The van der Waals surface area contributed by atoms with Crippen LogP contribution < -0.4 is 0 Å². The van der Waals surface area contributed by atoms with Crippen molar-refractivity contribution in [2.75, 3.05) is 13.1 Å². The number of alkyl halides is 6. The van der Waals surface area contributed by atoms with Gasteiger partial charge in [0.05, 0.1) is 29.0 Å². The summed E-state index contributed by atoms with van der Waals surface area (Å²) in [5.74, 6) is 0.109. The molecule has 0 amide bonds. The van der Waals surface area contributed by atoms with Crippen molar-refractivity contribution in [1.29, 1.82) is 0 Å². The zero-order valence-corrected chi connectivity index (χ0v) is 20.1. The second-order valence-electron chi connectivity index (χ2n) is 9.84. The number of hydrogen-bond donors (Lipinski definition) is 0. The molecular weight excluding hydrogens is 482 g/mol. The Labute approximate surface area is 204 Å². The summed E-state index contributed by atoms with van der Waals surface area (Å²) in [4.78, 5) is 5.44. The zero-order valence-electron chi connectivity index (χ0n) is 20.1. The van der Waals surface area contributed by atoms with E-state index >= 15 is 0 Å². The van der Waals surface area contributed by atoms with E-state index in [0.717, 1.165) is 38.8 Å². The smallest absolute Gasteiger partial charge is 0.289 e. The molecule has 0 aliphatic heterocycles. The molecule has 0 bridgehead atoms. The molecule has 1 fully saturated rings. The number of halogens is 6. The fourth-order valence-corrected chi connectivity index (χ4v) is 5.24. The Balaban J connectivity index is 1.76. The molecule has 1 aliphatic carbocycles. The van der Waals surface area contributed by atoms with Crippen molar-refractivity contribution < 1.29 is 26.3 Å². The van der Waals surface area contributed by atoms with Gasteiger partial charge in [-0.25, -0.2) is 4.98 Å². The molecule has 1 saturated carbocycles. The lowest BCUT2D eigenvalue weighted by Gasteiger charge is -2.23. The highest BCUT2D eigenvalue weighted by atomic mass is 19.4. The van der Waals surface area contributed by atoms with Crippen molar-refractivity contribution in [3.05, 3.63) is 64.5 Å². The highest BCUT2D eigenvalue weighted by Crippen LogP contribution is 2.39. The summed E-state index contributed by atoms with van der Waals surface area (Å²) in [6.45, 7) is 3.99. The Morgan fingerprint density at radius 2 is 1.56 bits per heavy atom. The number of hydrogen-bond acceptors (Lipinski definition) is 2. The topological polar surface area (TPSA) is 25.5 Å². The van der Waals surface area contributed by atoms with E-state index in [1.807, 2.05) is 32.9 Å². The minimum atomic E-state index is -4.81. The molecule has 0 saturated heterocycles. The third-order valence-electron chi connectivity index (χ3n) is 6.61. The molecule has 0 radical (unpaired) electrons. The van der Waals surface area contributed by atoms with Gasteiger partial charge in [-0.1, -0.05) is 29.8 Å². The Kier molecular flexibility index (Phi) is 5.85. The lowest BCUT2D eigenvalue weighted by atomic mass is 10.0. The summed E-state index contributed by atoms with van der Waals surface area (Å²) in [6, 6.07) is 10.6. The molecule has 2 aromatic heterocycles. The largest absolute Gasteiger partial charge is 0.433 e. The molecule has 0 N–H and O–H groups in total. The molecule has 0 atom stereocenters. The van der Waals surface area contributed by atoms with Crippen LogP contribution in [0.5, 0.6) is 0 Å². The summed E-state index contributed by atoms with van der Waals surface area (Å²) in [7, 11) is 0. The second-order valence-corrected chi connectivity index (χ2v) is 9.84. The van der Waals surface area contributed by atoms with Gasteiger partial charge in [-0.05, 0) is 62.8 Å². The van der Waals surface area contributed by atoms with Crippen LogP contribution in [-0.2, 0) is 12.7 Å². The number of rotatable bonds is 6. The Bertz CT molecular complexity index is 1420. The van der Waals surface area contributed by atoms with Gasteiger partial charge in [-0.15, -0.1) is 0 Å². The van der Waals surface area contributed by atoms with E-state index in [1.54, 1.807) is 28.8 Å². The average Bonchev–Trinajstić information content (AvgIpc) is 3.38. The Morgan fingerprint density at radius 3 is 2.11 bits per heavy atom. The van der Waals surface area contributed by atoms with E-state index in [1.165, 1.54) is 0 Å². The maximum Gasteiger partial charge on any atom is 0.433 e. The summed E-state index contributed by atoms with van der Waals surface area (Å²) in [6.07, 6.45) is -7.77. The van der Waals surface area contributed by atoms with Crippen LogP contribution in [-0.4, -0.2) is 38.1 Å². The second kappa shape index (κ2) is 8.54. The standard InChI is InChI=1S/C26H26F6N4/c1-15-10-16(2)22(17(3)11-15)35-20-6-4-5-7-21(20)36-23(26(30,31)32)19(33-24(35)36)13-34(12-18-8-9-18)14-25(27,28)29/h4-7,10-11,18H,8-9,12-14H2,1-3H3. The zero-order chi connectivity index (χ0) is 26.0. The quantitative estimate of drug-likeness (QED) is 0.262. The molecule has 5 rings (SSSR count). The van der Waals surface area contributed by atoms with Gasteiger partial charge in [-0.3, -0.25) is 13.9 Å². The number of fused-ring (bicyclic) bond motifs is 3. The van der Waals surface area contributed by atoms with E-state index in [2.05, 4.69) is 4.98 Å². The van der Waals surface area contributed by atoms with Gasteiger partial charge < -0.3 is 0 Å². The highest BCUT2D eigenvalue weighted by Gasteiger charge is 2.42. The van der Waals surface area contributed by atoms with Crippen LogP contribution in [0.25, 0.3) is 22.5 Å². The van der Waals surface area contributed by atoms with Gasteiger partial charge in [0, 0.05) is 13.1 Å². The van der Waals surface area contributed by atoms with Gasteiger partial charge in [0.2, 0.25) is 5.78 Å². The Hall–Kier alpha value is -3.01. The van der Waals surface area contributed by atoms with Crippen LogP contribution in [0.2, 0.25) is 0 Å². The number of nitrogens with zero attached hydrogens (tertiary/aromatic N) is 4. The number of aryl methyl sites for hydroxylation is 3. The van der Waals surface area contributed by atoms with Crippen LogP contribution in [0.4, 0.5) is 26.3 Å². The molecular formula is C26H26F6N4. The van der Waals surface area contributed by atoms with Gasteiger partial charge in [0.1, 0.15) is 0 Å². The van der Waals surface area contributed by atoms with Crippen LogP contribution in [0.1, 0.15) is 40.9 Å². The number of imidazole rings is 2. The summed E-state index contributed by atoms with van der Waals surface area (Å²) < 4.78 is 86.1. The maximum atomic E-state index is 14.5. The fourth-order valence-electron chi connectivity index (χ4n) is 5.24. The number of benzene rings is 2. The van der Waals surface area contributed by atoms with E-state index in [4.69, 9.17) is 0 Å². The summed E-state index contributed by atoms with van der Waals surface area (Å²) in [5.41, 5.74) is 2.86. The lowest BCUT2D eigenvalue weighted by Crippen LogP contribution is -2.36. The van der Waals surface area contributed by atoms with Crippen molar-refractivity contribution in [1.82, 2.24) is 18.9 Å². The van der Waals surface area contributed by atoms with E-state index < -0.39 is 36.8 Å². The van der Waals surface area contributed by atoms with E-state index in [-0.39, 0.29) is 18.2 Å². The molecule has 4 nitrogen and oxygen atoms in total. The molecule has 10 heteroatoms. The van der Waals surface area contributed by atoms with Crippen LogP contribution in [0.3, 0.4) is 0 Å². The van der Waals surface area contributed by atoms with Gasteiger partial charge in [-0.2, -0.15) is 26.3 Å². The molecule has 192 valence electrons. The predicted octanol–water partition coefficient (Wildman–Crippen LogP) is 7.00. The Morgan fingerprint density at radius 1 is 0.944 bits per heavy atom. The van der Waals surface area contributed by atoms with Crippen LogP contribution in [0, 0.1) is 26.7 Å². The molecule has 36 heavy (non-hydrogen) atoms. The minimum Gasteiger partial charge on any atom is -0.289 e. The minimum absolute atomic E-state index is 0.0342. The first-order valence-corrected chi connectivity index (χ1v) is 11.8. The monoisotopic (exact) mass is 508 g/mol. The van der Waals surface area contributed by atoms with Crippen molar-refractivity contribution >= 4 is 16.8 Å². The first-order chi connectivity index (χ1) is 16.8. The maximum absolute atomic E-state index is 14.5. The first kappa shape index (κ1) is 24.7. The SMILES string of the molecule is Cc1cc(C)c(-n2c3ccccc3n3c(C(F)(F)F)c(CN(CC4CC4)CC(F)(F)F)nc23)c(C)c1. The lowest BCUT2D eigenvalue weighted by molar-refractivity contribution is -0.149. The number of para-hydroxylation sites is 2. The third-order valence-corrected chi connectivity index (χ3v) is 6.61. The van der Waals surface area contributed by atoms with E-state index in [0.29, 0.717) is 16.7 Å². The molecule has 2 aromatic carbocycles. The molecule has 1 aliphatic rings. The van der Waals surface area contributed by atoms with Gasteiger partial charge in [0.15, 0.2) is 5.69 Å². The van der Waals surface area contributed by atoms with Crippen molar-refractivity contribution in [3.8, 4) is 5.69 Å². The predicted molar refractivity (Wildman–Crippen MR) is 125 cm³/mol. The summed E-state index contributed by atoms with van der Waals surface area (Å²) in [5, 5.41) is 0. The number of aromatic nitrogens is 3. The van der Waals surface area contributed by atoms with Crippen molar-refractivity contribution in [2.45, 2.75) is 52.5 Å². The van der Waals surface area contributed by atoms with Crippen LogP contribution >= 0.6 is 0 Å². The van der Waals surface area contributed by atoms with Gasteiger partial charge in [0.25, 0.3) is 0 Å². The molecule has 4 aromatic rings. The third kappa shape index (κ3) is 4.58. The molecule has 0 spiro atoms. The average molecular weight is 509 g/mol. The van der Waals surface area contributed by atoms with Gasteiger partial charge >= 0.3 is 12.4 Å². The fraction of sp³-hybridized carbons (Fsp3) is 0.423. The summed E-state index contributed by atoms with van der Waals surface area (Å²) >= 11 is 0. The first-order valence-electron chi connectivity index (χ1n) is 11.8. The molecule has 2 heterocycles. The van der Waals surface area contributed by atoms with Crippen LogP contribution in [0.15, 0.2) is 36.4 Å².